The number of carbonyl (C=O) groups excluding carboxylic acids is 3. The first-order chi connectivity index (χ1) is 13.5. The fraction of sp³-hybridized carbons (Fsp3) is 0.318. The summed E-state index contributed by atoms with van der Waals surface area (Å²) in [5.74, 6) is -0.749. The van der Waals surface area contributed by atoms with Gasteiger partial charge in [0.15, 0.2) is 0 Å². The monoisotopic (exact) mass is 382 g/mol. The molecule has 0 aliphatic rings. The van der Waals surface area contributed by atoms with Gasteiger partial charge in [-0.1, -0.05) is 13.8 Å². The van der Waals surface area contributed by atoms with Crippen LogP contribution in [0.3, 0.4) is 0 Å². The Hall–Kier alpha value is -3.15. The van der Waals surface area contributed by atoms with Crippen LogP contribution >= 0.6 is 0 Å². The molecule has 28 heavy (non-hydrogen) atoms. The van der Waals surface area contributed by atoms with Gasteiger partial charge in [-0.05, 0) is 61.4 Å². The summed E-state index contributed by atoms with van der Waals surface area (Å²) in [5.41, 5.74) is 1.99. The Kier molecular flexibility index (Phi) is 7.75. The molecule has 2 rings (SSSR count). The van der Waals surface area contributed by atoms with Gasteiger partial charge in [0.05, 0.1) is 12.7 Å². The molecule has 2 amide bonds. The molecule has 1 N–H and O–H groups in total. The summed E-state index contributed by atoms with van der Waals surface area (Å²) in [6.45, 7) is 5.55. The number of benzene rings is 2. The molecule has 0 atom stereocenters. The lowest BCUT2D eigenvalue weighted by Gasteiger charge is -2.21. The van der Waals surface area contributed by atoms with E-state index in [0.717, 1.165) is 25.9 Å². The summed E-state index contributed by atoms with van der Waals surface area (Å²) in [6.07, 6.45) is 1.82. The van der Waals surface area contributed by atoms with Crippen LogP contribution in [0.25, 0.3) is 0 Å². The van der Waals surface area contributed by atoms with Crippen LogP contribution in [-0.4, -0.2) is 42.9 Å². The number of amides is 2. The van der Waals surface area contributed by atoms with E-state index >= 15 is 0 Å². The zero-order chi connectivity index (χ0) is 20.5. The molecule has 0 bridgehead atoms. The quantitative estimate of drug-likeness (QED) is 0.701. The first-order valence-corrected chi connectivity index (χ1v) is 9.39. The van der Waals surface area contributed by atoms with Crippen molar-refractivity contribution in [3.05, 3.63) is 65.2 Å². The summed E-state index contributed by atoms with van der Waals surface area (Å²) < 4.78 is 4.64. The molecule has 0 fully saturated rings. The summed E-state index contributed by atoms with van der Waals surface area (Å²) in [5, 5.41) is 2.79. The summed E-state index contributed by atoms with van der Waals surface area (Å²) in [7, 11) is 1.31. The molecule has 2 aromatic rings. The van der Waals surface area contributed by atoms with Crippen LogP contribution in [0.5, 0.6) is 0 Å². The lowest BCUT2D eigenvalue weighted by molar-refractivity contribution is 0.0600. The second kappa shape index (κ2) is 10.3. The standard InChI is InChI=1S/C22H26N2O4/c1-4-14-24(15-5-2)21(26)17-10-12-19(13-11-17)23-20(25)16-6-8-18(9-7-16)22(27)28-3/h6-13H,4-5,14-15H2,1-3H3,(H,23,25). The summed E-state index contributed by atoms with van der Waals surface area (Å²) in [4.78, 5) is 38.2. The minimum absolute atomic E-state index is 0.0000226. The van der Waals surface area contributed by atoms with Gasteiger partial charge in [0.25, 0.3) is 11.8 Å². The molecule has 6 heteroatoms. The van der Waals surface area contributed by atoms with Crippen LogP contribution in [0.4, 0.5) is 5.69 Å². The molecule has 0 spiro atoms. The normalized spacial score (nSPS) is 10.2. The Balaban J connectivity index is 2.04. The number of methoxy groups -OCH3 is 1. The third-order valence-electron chi connectivity index (χ3n) is 4.23. The minimum atomic E-state index is -0.451. The Bertz CT molecular complexity index is 807. The average Bonchev–Trinajstić information content (AvgIpc) is 2.73. The molecule has 0 aliphatic carbocycles. The molecule has 6 nitrogen and oxygen atoms in total. The van der Waals surface area contributed by atoms with E-state index < -0.39 is 5.97 Å². The molecule has 0 aliphatic heterocycles. The molecule has 0 saturated heterocycles. The van der Waals surface area contributed by atoms with Crippen molar-refractivity contribution in [1.29, 1.82) is 0 Å². The number of nitrogens with zero attached hydrogens (tertiary/aromatic N) is 1. The van der Waals surface area contributed by atoms with E-state index in [9.17, 15) is 14.4 Å². The Labute approximate surface area is 165 Å². The third-order valence-corrected chi connectivity index (χ3v) is 4.23. The maximum atomic E-state index is 12.6. The van der Waals surface area contributed by atoms with Crippen LogP contribution < -0.4 is 5.32 Å². The lowest BCUT2D eigenvalue weighted by atomic mass is 10.1. The van der Waals surface area contributed by atoms with Gasteiger partial charge in [-0.3, -0.25) is 9.59 Å². The third kappa shape index (κ3) is 5.42. The van der Waals surface area contributed by atoms with Crippen molar-refractivity contribution in [2.75, 3.05) is 25.5 Å². The highest BCUT2D eigenvalue weighted by Crippen LogP contribution is 2.14. The largest absolute Gasteiger partial charge is 0.465 e. The van der Waals surface area contributed by atoms with Crippen molar-refractivity contribution in [1.82, 2.24) is 4.90 Å². The van der Waals surface area contributed by atoms with E-state index in [1.807, 2.05) is 18.7 Å². The van der Waals surface area contributed by atoms with Crippen molar-refractivity contribution in [3.8, 4) is 0 Å². The van der Waals surface area contributed by atoms with Crippen LogP contribution in [0.15, 0.2) is 48.5 Å². The predicted molar refractivity (Wildman–Crippen MR) is 109 cm³/mol. The van der Waals surface area contributed by atoms with Crippen LogP contribution in [0.1, 0.15) is 57.8 Å². The second-order valence-electron chi connectivity index (χ2n) is 6.39. The molecule has 148 valence electrons. The molecule has 0 unspecified atom stereocenters. The zero-order valence-electron chi connectivity index (χ0n) is 16.5. The van der Waals surface area contributed by atoms with Gasteiger partial charge in [-0.25, -0.2) is 4.79 Å². The van der Waals surface area contributed by atoms with Gasteiger partial charge in [0, 0.05) is 29.9 Å². The Morgan fingerprint density at radius 1 is 0.821 bits per heavy atom. The topological polar surface area (TPSA) is 75.7 Å². The van der Waals surface area contributed by atoms with E-state index in [4.69, 9.17) is 0 Å². The molecule has 0 saturated carbocycles. The van der Waals surface area contributed by atoms with E-state index in [1.165, 1.54) is 7.11 Å². The van der Waals surface area contributed by atoms with E-state index in [2.05, 4.69) is 10.1 Å². The molecular formula is C22H26N2O4. The van der Waals surface area contributed by atoms with E-state index in [0.29, 0.717) is 22.4 Å². The Morgan fingerprint density at radius 2 is 1.32 bits per heavy atom. The van der Waals surface area contributed by atoms with Gasteiger partial charge < -0.3 is 15.0 Å². The van der Waals surface area contributed by atoms with Crippen molar-refractivity contribution < 1.29 is 19.1 Å². The van der Waals surface area contributed by atoms with Gasteiger partial charge in [-0.2, -0.15) is 0 Å². The SMILES string of the molecule is CCCN(CCC)C(=O)c1ccc(NC(=O)c2ccc(C(=O)OC)cc2)cc1. The van der Waals surface area contributed by atoms with Crippen LogP contribution in [0.2, 0.25) is 0 Å². The van der Waals surface area contributed by atoms with Gasteiger partial charge in [0.1, 0.15) is 0 Å². The zero-order valence-corrected chi connectivity index (χ0v) is 16.5. The molecule has 0 aromatic heterocycles. The van der Waals surface area contributed by atoms with Crippen LogP contribution in [-0.2, 0) is 4.74 Å². The fourth-order valence-corrected chi connectivity index (χ4v) is 2.81. The lowest BCUT2D eigenvalue weighted by Crippen LogP contribution is -2.32. The number of hydrogen-bond acceptors (Lipinski definition) is 4. The number of esters is 1. The Morgan fingerprint density at radius 3 is 1.82 bits per heavy atom. The molecule has 0 radical (unpaired) electrons. The highest BCUT2D eigenvalue weighted by Gasteiger charge is 2.14. The van der Waals surface area contributed by atoms with E-state index in [-0.39, 0.29) is 11.8 Å². The van der Waals surface area contributed by atoms with Crippen molar-refractivity contribution in [2.45, 2.75) is 26.7 Å². The number of rotatable bonds is 8. The number of nitrogens with one attached hydrogen (secondary N) is 1. The smallest absolute Gasteiger partial charge is 0.337 e. The molecule has 2 aromatic carbocycles. The first kappa shape index (κ1) is 21.2. The second-order valence-corrected chi connectivity index (χ2v) is 6.39. The first-order valence-electron chi connectivity index (χ1n) is 9.39. The number of anilines is 1. The number of carbonyl (C=O) groups is 3. The predicted octanol–water partition coefficient (Wildman–Crippen LogP) is 3.99. The number of ether oxygens (including phenoxy) is 1. The van der Waals surface area contributed by atoms with Crippen LogP contribution in [0, 0.1) is 0 Å². The highest BCUT2D eigenvalue weighted by molar-refractivity contribution is 6.05. The van der Waals surface area contributed by atoms with E-state index in [1.54, 1.807) is 48.5 Å². The van der Waals surface area contributed by atoms with Gasteiger partial charge in [-0.15, -0.1) is 0 Å². The summed E-state index contributed by atoms with van der Waals surface area (Å²) >= 11 is 0. The van der Waals surface area contributed by atoms with Crippen molar-refractivity contribution in [2.24, 2.45) is 0 Å². The van der Waals surface area contributed by atoms with Gasteiger partial charge in [0.2, 0.25) is 0 Å². The van der Waals surface area contributed by atoms with Crippen molar-refractivity contribution in [3.63, 3.8) is 0 Å². The van der Waals surface area contributed by atoms with Gasteiger partial charge >= 0.3 is 5.97 Å². The minimum Gasteiger partial charge on any atom is -0.465 e. The highest BCUT2D eigenvalue weighted by atomic mass is 16.5. The maximum Gasteiger partial charge on any atom is 0.337 e. The maximum absolute atomic E-state index is 12.6. The number of hydrogen-bond donors (Lipinski definition) is 1. The molecule has 0 heterocycles. The fourth-order valence-electron chi connectivity index (χ4n) is 2.81. The molecular weight excluding hydrogens is 356 g/mol. The van der Waals surface area contributed by atoms with Crippen molar-refractivity contribution >= 4 is 23.5 Å². The average molecular weight is 382 g/mol. The summed E-state index contributed by atoms with van der Waals surface area (Å²) in [6, 6.07) is 13.1.